The monoisotopic (exact) mass is 285 g/mol. The molecule has 0 aromatic carbocycles. The first-order valence-corrected chi connectivity index (χ1v) is 7.77. The number of nitrogens with zero attached hydrogens (tertiary/aromatic N) is 2. The third kappa shape index (κ3) is 6.20. The maximum atomic E-state index is 12.1. The smallest absolute Gasteiger partial charge is 0.223 e. The van der Waals surface area contributed by atoms with E-state index in [9.17, 15) is 4.79 Å². The highest BCUT2D eigenvalue weighted by Gasteiger charge is 2.31. The summed E-state index contributed by atoms with van der Waals surface area (Å²) in [5, 5.41) is 0. The van der Waals surface area contributed by atoms with E-state index in [1.807, 2.05) is 7.05 Å². The molecule has 0 radical (unpaired) electrons. The lowest BCUT2D eigenvalue weighted by Gasteiger charge is -2.29. The number of hydrogen-bond acceptors (Lipinski definition) is 4. The normalized spacial score (nSPS) is 16.4. The summed E-state index contributed by atoms with van der Waals surface area (Å²) < 4.78 is 5.18. The maximum Gasteiger partial charge on any atom is 0.223 e. The topological polar surface area (TPSA) is 58.8 Å². The average molecular weight is 285 g/mol. The highest BCUT2D eigenvalue weighted by Crippen LogP contribution is 2.35. The molecule has 0 aliphatic heterocycles. The van der Waals surface area contributed by atoms with E-state index in [0.717, 1.165) is 38.6 Å². The average Bonchev–Trinajstić information content (AvgIpc) is 3.28. The first-order valence-electron chi connectivity index (χ1n) is 7.77. The zero-order chi connectivity index (χ0) is 15.0. The van der Waals surface area contributed by atoms with E-state index < -0.39 is 0 Å². The lowest BCUT2D eigenvalue weighted by molar-refractivity contribution is -0.130. The number of rotatable bonds is 11. The van der Waals surface area contributed by atoms with Crippen LogP contribution in [-0.2, 0) is 9.53 Å². The Bertz CT molecular complexity index is 282. The van der Waals surface area contributed by atoms with Gasteiger partial charge in [-0.2, -0.15) is 0 Å². The van der Waals surface area contributed by atoms with Crippen LogP contribution in [0, 0.1) is 5.92 Å². The number of hydrogen-bond donors (Lipinski definition) is 1. The van der Waals surface area contributed by atoms with Gasteiger partial charge < -0.3 is 15.4 Å². The number of carbonyl (C=O) groups excluding carboxylic acids is 1. The maximum absolute atomic E-state index is 12.1. The molecular weight excluding hydrogens is 254 g/mol. The molecule has 118 valence electrons. The van der Waals surface area contributed by atoms with Gasteiger partial charge in [-0.05, 0) is 38.6 Å². The third-order valence-corrected chi connectivity index (χ3v) is 4.20. The van der Waals surface area contributed by atoms with Crippen LogP contribution in [0.25, 0.3) is 0 Å². The zero-order valence-corrected chi connectivity index (χ0v) is 13.3. The van der Waals surface area contributed by atoms with E-state index in [0.29, 0.717) is 19.0 Å². The van der Waals surface area contributed by atoms with Crippen molar-refractivity contribution in [2.45, 2.75) is 38.6 Å². The van der Waals surface area contributed by atoms with Crippen molar-refractivity contribution in [3.63, 3.8) is 0 Å². The number of methoxy groups -OCH3 is 1. The van der Waals surface area contributed by atoms with Crippen LogP contribution in [0.2, 0.25) is 0 Å². The summed E-state index contributed by atoms with van der Waals surface area (Å²) in [5.41, 5.74) is 5.47. The molecule has 1 unspecified atom stereocenters. The van der Waals surface area contributed by atoms with Crippen molar-refractivity contribution in [2.75, 3.05) is 46.9 Å². The van der Waals surface area contributed by atoms with Gasteiger partial charge in [0.15, 0.2) is 0 Å². The standard InChI is InChI=1S/C15H31N3O2/c1-13(14-5-6-14)18(11-12-20-3)10-7-15(19)17(2)9-4-8-16/h13-14H,4-12,16H2,1-3H3. The summed E-state index contributed by atoms with van der Waals surface area (Å²) in [5.74, 6) is 1.03. The molecule has 1 atom stereocenters. The second-order valence-electron chi connectivity index (χ2n) is 5.81. The molecule has 0 heterocycles. The van der Waals surface area contributed by atoms with E-state index in [1.165, 1.54) is 12.8 Å². The molecule has 0 aromatic rings. The fourth-order valence-electron chi connectivity index (χ4n) is 2.49. The van der Waals surface area contributed by atoms with Crippen molar-refractivity contribution < 1.29 is 9.53 Å². The summed E-state index contributed by atoms with van der Waals surface area (Å²) in [7, 11) is 3.59. The first kappa shape index (κ1) is 17.4. The van der Waals surface area contributed by atoms with Crippen LogP contribution >= 0.6 is 0 Å². The van der Waals surface area contributed by atoms with Gasteiger partial charge in [-0.3, -0.25) is 9.69 Å². The third-order valence-electron chi connectivity index (χ3n) is 4.20. The second kappa shape index (κ2) is 9.32. The molecule has 0 saturated heterocycles. The van der Waals surface area contributed by atoms with Crippen LogP contribution in [0.3, 0.4) is 0 Å². The van der Waals surface area contributed by atoms with E-state index in [2.05, 4.69) is 11.8 Å². The van der Waals surface area contributed by atoms with Crippen LogP contribution in [0.1, 0.15) is 32.6 Å². The van der Waals surface area contributed by atoms with Gasteiger partial charge in [-0.25, -0.2) is 0 Å². The Labute approximate surface area is 123 Å². The highest BCUT2D eigenvalue weighted by molar-refractivity contribution is 5.76. The van der Waals surface area contributed by atoms with Crippen LogP contribution in [0.5, 0.6) is 0 Å². The number of carbonyl (C=O) groups is 1. The van der Waals surface area contributed by atoms with Crippen LogP contribution < -0.4 is 5.73 Å². The van der Waals surface area contributed by atoms with Gasteiger partial charge in [-0.15, -0.1) is 0 Å². The SMILES string of the molecule is COCCN(CCC(=O)N(C)CCCN)C(C)C1CC1. The van der Waals surface area contributed by atoms with E-state index >= 15 is 0 Å². The lowest BCUT2D eigenvalue weighted by atomic mass is 10.1. The van der Waals surface area contributed by atoms with Gasteiger partial charge in [0.25, 0.3) is 0 Å². The van der Waals surface area contributed by atoms with Crippen molar-refractivity contribution >= 4 is 5.91 Å². The Morgan fingerprint density at radius 2 is 2.05 bits per heavy atom. The number of amides is 1. The molecule has 0 spiro atoms. The minimum atomic E-state index is 0.212. The summed E-state index contributed by atoms with van der Waals surface area (Å²) >= 11 is 0. The quantitative estimate of drug-likeness (QED) is 0.613. The molecule has 5 nitrogen and oxygen atoms in total. The van der Waals surface area contributed by atoms with Gasteiger partial charge in [0.1, 0.15) is 0 Å². The molecule has 1 aliphatic rings. The van der Waals surface area contributed by atoms with E-state index in [1.54, 1.807) is 12.0 Å². The zero-order valence-electron chi connectivity index (χ0n) is 13.3. The molecule has 5 heteroatoms. The van der Waals surface area contributed by atoms with Crippen LogP contribution in [0.4, 0.5) is 0 Å². The summed E-state index contributed by atoms with van der Waals surface area (Å²) in [6, 6.07) is 0.562. The summed E-state index contributed by atoms with van der Waals surface area (Å²) in [6.07, 6.45) is 4.11. The number of nitrogens with two attached hydrogens (primary N) is 1. The number of ether oxygens (including phenoxy) is 1. The Morgan fingerprint density at radius 1 is 1.35 bits per heavy atom. The molecule has 1 rings (SSSR count). The van der Waals surface area contributed by atoms with E-state index in [-0.39, 0.29) is 5.91 Å². The molecular formula is C15H31N3O2. The fourth-order valence-corrected chi connectivity index (χ4v) is 2.49. The Balaban J connectivity index is 2.34. The molecule has 1 fully saturated rings. The van der Waals surface area contributed by atoms with E-state index in [4.69, 9.17) is 10.5 Å². The van der Waals surface area contributed by atoms with Crippen molar-refractivity contribution in [1.29, 1.82) is 0 Å². The Kier molecular flexibility index (Phi) is 8.11. The molecule has 1 saturated carbocycles. The predicted octanol–water partition coefficient (Wildman–Crippen LogP) is 0.931. The summed E-state index contributed by atoms with van der Waals surface area (Å²) in [6.45, 7) is 6.13. The molecule has 1 aliphatic carbocycles. The molecule has 1 amide bonds. The molecule has 0 aromatic heterocycles. The van der Waals surface area contributed by atoms with Crippen molar-refractivity contribution in [2.24, 2.45) is 11.7 Å². The second-order valence-corrected chi connectivity index (χ2v) is 5.81. The molecule has 0 bridgehead atoms. The van der Waals surface area contributed by atoms with Gasteiger partial charge in [0.2, 0.25) is 5.91 Å². The lowest BCUT2D eigenvalue weighted by Crippen LogP contribution is -2.40. The van der Waals surface area contributed by atoms with Crippen molar-refractivity contribution in [1.82, 2.24) is 9.80 Å². The molecule has 2 N–H and O–H groups in total. The van der Waals surface area contributed by atoms with Gasteiger partial charge in [-0.1, -0.05) is 0 Å². The minimum Gasteiger partial charge on any atom is -0.383 e. The van der Waals surface area contributed by atoms with Gasteiger partial charge >= 0.3 is 0 Å². The first-order chi connectivity index (χ1) is 9.60. The summed E-state index contributed by atoms with van der Waals surface area (Å²) in [4.78, 5) is 16.3. The van der Waals surface area contributed by atoms with Crippen LogP contribution in [-0.4, -0.2) is 68.7 Å². The predicted molar refractivity (Wildman–Crippen MR) is 81.6 cm³/mol. The van der Waals surface area contributed by atoms with Gasteiger partial charge in [0, 0.05) is 46.3 Å². The Morgan fingerprint density at radius 3 is 2.60 bits per heavy atom. The highest BCUT2D eigenvalue weighted by atomic mass is 16.5. The minimum absolute atomic E-state index is 0.212. The van der Waals surface area contributed by atoms with Crippen molar-refractivity contribution in [3.05, 3.63) is 0 Å². The Hall–Kier alpha value is -0.650. The van der Waals surface area contributed by atoms with Gasteiger partial charge in [0.05, 0.1) is 6.61 Å². The molecule has 20 heavy (non-hydrogen) atoms. The largest absolute Gasteiger partial charge is 0.383 e. The fraction of sp³-hybridized carbons (Fsp3) is 0.933. The van der Waals surface area contributed by atoms with Crippen LogP contribution in [0.15, 0.2) is 0 Å². The van der Waals surface area contributed by atoms with Crippen molar-refractivity contribution in [3.8, 4) is 0 Å².